The maximum atomic E-state index is 13.4. The van der Waals surface area contributed by atoms with Gasteiger partial charge in [-0.3, -0.25) is 15.0 Å². The lowest BCUT2D eigenvalue weighted by Gasteiger charge is -2.08. The van der Waals surface area contributed by atoms with Crippen LogP contribution in [0.2, 0.25) is 5.02 Å². The van der Waals surface area contributed by atoms with Gasteiger partial charge in [-0.1, -0.05) is 66.2 Å². The number of pyridine rings is 4. The molecule has 14 heterocycles. The van der Waals surface area contributed by atoms with Crippen LogP contribution in [0.1, 0.15) is 33.1 Å². The van der Waals surface area contributed by atoms with Crippen molar-refractivity contribution in [3.8, 4) is 49.7 Å². The number of benzene rings is 2. The van der Waals surface area contributed by atoms with E-state index in [2.05, 4.69) is 123 Å². The second-order valence-electron chi connectivity index (χ2n) is 21.4. The lowest BCUT2D eigenvalue weighted by Crippen LogP contribution is -2.06. The molecular weight excluding hydrogens is 1300 g/mol. The number of thiophene rings is 2. The highest BCUT2D eigenvalue weighted by Gasteiger charge is 2.17. The first-order chi connectivity index (χ1) is 47.7. The van der Waals surface area contributed by atoms with Crippen molar-refractivity contribution in [1.82, 2.24) is 78.3 Å². The van der Waals surface area contributed by atoms with Crippen molar-refractivity contribution < 1.29 is 9.13 Å². The molecule has 97 heavy (non-hydrogen) atoms. The Labute approximate surface area is 573 Å². The lowest BCUT2D eigenvalue weighted by molar-refractivity contribution is 0.398. The summed E-state index contributed by atoms with van der Waals surface area (Å²) in [5, 5.41) is 35.6. The average Bonchev–Trinajstić information content (AvgIpc) is 1.69. The van der Waals surface area contributed by atoms with E-state index in [1.807, 2.05) is 137 Å². The first-order valence-electron chi connectivity index (χ1n) is 30.4. The van der Waals surface area contributed by atoms with Crippen LogP contribution in [-0.4, -0.2) is 85.4 Å². The van der Waals surface area contributed by atoms with Crippen LogP contribution in [0.25, 0.3) is 66.4 Å². The van der Waals surface area contributed by atoms with Crippen LogP contribution in [0, 0.1) is 12.7 Å². The Morgan fingerprint density at radius 1 is 0.443 bits per heavy atom. The molecule has 0 saturated carbocycles. The highest BCUT2D eigenvalue weighted by molar-refractivity contribution is 7.13. The molecule has 0 saturated heterocycles. The van der Waals surface area contributed by atoms with Gasteiger partial charge in [-0.2, -0.15) is 38.5 Å². The fourth-order valence-electron chi connectivity index (χ4n) is 10.3. The quantitative estimate of drug-likeness (QED) is 0.0585. The van der Waals surface area contributed by atoms with Gasteiger partial charge in [0.25, 0.3) is 0 Å². The van der Waals surface area contributed by atoms with Gasteiger partial charge in [-0.15, -0.1) is 34.3 Å². The number of rotatable bonds is 18. The molecule has 14 aromatic heterocycles. The van der Waals surface area contributed by atoms with E-state index in [0.29, 0.717) is 37.0 Å². The number of nitrogens with zero attached hydrogens (tertiary/aromatic N) is 16. The topological polar surface area (TPSA) is 230 Å². The van der Waals surface area contributed by atoms with Crippen molar-refractivity contribution in [3.63, 3.8) is 0 Å². The zero-order valence-corrected chi connectivity index (χ0v) is 55.2. The summed E-state index contributed by atoms with van der Waals surface area (Å²) in [6, 6.07) is 47.8. The molecule has 0 unspecified atom stereocenters. The number of fused-ring (bicyclic) bond motifs is 4. The van der Waals surface area contributed by atoms with Gasteiger partial charge in [0, 0.05) is 93.5 Å². The van der Waals surface area contributed by atoms with Crippen molar-refractivity contribution in [3.05, 3.63) is 281 Å². The van der Waals surface area contributed by atoms with E-state index < -0.39 is 5.82 Å². The van der Waals surface area contributed by atoms with E-state index in [4.69, 9.17) is 27.9 Å². The Hall–Kier alpha value is -11.6. The summed E-state index contributed by atoms with van der Waals surface area (Å²) < 4.78 is 25.7. The number of methoxy groups -OCH3 is 1. The van der Waals surface area contributed by atoms with Gasteiger partial charge < -0.3 is 26.0 Å². The van der Waals surface area contributed by atoms with Crippen LogP contribution in [0.4, 0.5) is 27.7 Å². The lowest BCUT2D eigenvalue weighted by atomic mass is 10.0. The number of alkyl halides is 1. The van der Waals surface area contributed by atoms with E-state index in [-0.39, 0.29) is 5.02 Å². The largest absolute Gasteiger partial charge is 0.481 e. The molecule has 0 atom stereocenters. The number of halogens is 3. The molecule has 21 nitrogen and oxygen atoms in total. The molecule has 482 valence electrons. The van der Waals surface area contributed by atoms with Crippen molar-refractivity contribution in [2.24, 2.45) is 0 Å². The second kappa shape index (κ2) is 30.7. The molecule has 0 fully saturated rings. The third-order valence-electron chi connectivity index (χ3n) is 15.1. The van der Waals surface area contributed by atoms with Crippen molar-refractivity contribution >= 4 is 91.7 Å². The van der Waals surface area contributed by atoms with Crippen LogP contribution >= 0.6 is 45.9 Å². The summed E-state index contributed by atoms with van der Waals surface area (Å²) in [5.41, 5.74) is 14.8. The number of hydrogen-bond acceptors (Lipinski definition) is 19. The summed E-state index contributed by atoms with van der Waals surface area (Å²) in [6.07, 6.45) is 21.4. The Morgan fingerprint density at radius 2 is 0.928 bits per heavy atom. The summed E-state index contributed by atoms with van der Waals surface area (Å²) in [5.74, 6) is 4.05. The van der Waals surface area contributed by atoms with Crippen molar-refractivity contribution in [2.45, 2.75) is 39.0 Å². The number of aryl methyl sites for hydroxylation is 1. The molecule has 4 N–H and O–H groups in total. The molecule has 0 radical (unpaired) electrons. The van der Waals surface area contributed by atoms with Crippen LogP contribution in [-0.2, 0) is 32.1 Å². The molecule has 16 rings (SSSR count). The summed E-state index contributed by atoms with van der Waals surface area (Å²) >= 11 is 15.4. The predicted molar refractivity (Wildman–Crippen MR) is 382 cm³/mol. The van der Waals surface area contributed by atoms with Gasteiger partial charge >= 0.3 is 0 Å². The summed E-state index contributed by atoms with van der Waals surface area (Å²) in [4.78, 5) is 37.5. The summed E-state index contributed by atoms with van der Waals surface area (Å²) in [6.45, 7) is 4.69. The van der Waals surface area contributed by atoms with E-state index in [0.717, 1.165) is 108 Å². The molecular formula is C71H59Cl2FN20OS2. The molecule has 0 aliphatic carbocycles. The van der Waals surface area contributed by atoms with E-state index >= 15 is 0 Å². The van der Waals surface area contributed by atoms with Crippen LogP contribution in [0.3, 0.4) is 0 Å². The predicted octanol–water partition coefficient (Wildman–Crippen LogP) is 15.6. The molecule has 2 aromatic carbocycles. The van der Waals surface area contributed by atoms with Gasteiger partial charge in [0.15, 0.2) is 22.6 Å². The minimum absolute atomic E-state index is 0.0706. The molecule has 0 bridgehead atoms. The van der Waals surface area contributed by atoms with E-state index in [1.54, 1.807) is 107 Å². The number of nitrogens with one attached hydrogen (secondary N) is 4. The van der Waals surface area contributed by atoms with Crippen LogP contribution in [0.15, 0.2) is 237 Å². The van der Waals surface area contributed by atoms with Crippen LogP contribution in [0.5, 0.6) is 5.88 Å². The van der Waals surface area contributed by atoms with Crippen molar-refractivity contribution in [1.29, 1.82) is 0 Å². The summed E-state index contributed by atoms with van der Waals surface area (Å²) in [7, 11) is 1.60. The molecule has 0 spiro atoms. The molecule has 0 aliphatic rings. The Bertz CT molecular complexity index is 5230. The van der Waals surface area contributed by atoms with Crippen LogP contribution < -0.4 is 26.0 Å². The highest BCUT2D eigenvalue weighted by atomic mass is 35.5. The Morgan fingerprint density at radius 3 is 1.39 bits per heavy atom. The fourth-order valence-corrected chi connectivity index (χ4v) is 12.3. The minimum Gasteiger partial charge on any atom is -0.481 e. The third-order valence-corrected chi connectivity index (χ3v) is 17.6. The third kappa shape index (κ3) is 15.2. The van der Waals surface area contributed by atoms with Gasteiger partial charge in [0.05, 0.1) is 85.7 Å². The number of anilines is 4. The smallest absolute Gasteiger partial charge is 0.212 e. The van der Waals surface area contributed by atoms with Crippen molar-refractivity contribution in [2.75, 3.05) is 28.4 Å². The molecule has 16 aromatic rings. The van der Waals surface area contributed by atoms with Gasteiger partial charge in [-0.05, 0) is 131 Å². The molecule has 0 aliphatic heterocycles. The second-order valence-corrected chi connectivity index (χ2v) is 24.1. The van der Waals surface area contributed by atoms with Gasteiger partial charge in [-0.25, -0.2) is 29.3 Å². The number of hydrogen-bond donors (Lipinski definition) is 4. The monoisotopic (exact) mass is 1360 g/mol. The SMILES string of the molecule is COc1ccc(-c2cnn3c(NCc4ccccn4)ccnc23)cn1.Cc1csc(-c2cnn3c(NCc4ccccn4)ccnc23)c1.ClCc1ccccc1-c1cnn2c(NCc3cccs3)ccnc12.Fc1ccc(-c2cnn3c(NCc4ccccn4)ccnc23)cc1Cl. The molecule has 0 amide bonds. The maximum absolute atomic E-state index is 13.4. The first kappa shape index (κ1) is 64.2. The highest BCUT2D eigenvalue weighted by Crippen LogP contribution is 2.33. The molecule has 26 heteroatoms. The van der Waals surface area contributed by atoms with E-state index in [9.17, 15) is 4.39 Å². The Kier molecular flexibility index (Phi) is 20.3. The normalized spacial score (nSPS) is 10.9. The number of ether oxygens (including phenoxy) is 1. The Balaban J connectivity index is 0.000000117. The average molecular weight is 1360 g/mol. The minimum atomic E-state index is -0.451. The zero-order chi connectivity index (χ0) is 66.3. The van der Waals surface area contributed by atoms with Gasteiger partial charge in [0.1, 0.15) is 29.1 Å². The maximum Gasteiger partial charge on any atom is 0.212 e. The standard InChI is InChI=1S/C18H13ClFN5.C18H15ClN4S.C18H16N6O.C17H15N5S/c19-15-9-12(4-5-16(15)20)14-11-24-25-17(6-8-22-18(14)25)23-10-13-3-1-2-7-21-13;19-10-13-4-1-2-6-15(13)16-12-22-23-17(7-8-20-18(16)23)21-11-14-5-3-9-24-14;1-25-17-6-5-13(10-22-17)15-12-23-24-16(7-9-20-18(15)24)21-11-14-4-2-3-8-19-14;1-12-8-15(23-11-12)14-10-21-22-16(5-7-19-17(14)22)20-9-13-4-2-3-6-18-13/h1-9,11,23H,10H2;1-9,12,21H,10-11H2;2-10,12,21H,11H2,1H3;2-8,10-11,20H,9H2,1H3. The zero-order valence-electron chi connectivity index (χ0n) is 52.1. The van der Waals surface area contributed by atoms with Gasteiger partial charge in [0.2, 0.25) is 5.88 Å². The fraction of sp³-hybridized carbons (Fsp3) is 0.0986. The van der Waals surface area contributed by atoms with E-state index in [1.165, 1.54) is 21.4 Å². The first-order valence-corrected chi connectivity index (χ1v) is 33.1. The number of aromatic nitrogens is 16.